The number of amides is 2. The minimum atomic E-state index is -0.813. The van der Waals surface area contributed by atoms with Crippen molar-refractivity contribution in [2.24, 2.45) is 0 Å². The van der Waals surface area contributed by atoms with Gasteiger partial charge in [0.1, 0.15) is 6.61 Å². The van der Waals surface area contributed by atoms with E-state index < -0.39 is 16.9 Å². The molecule has 0 spiro atoms. The lowest BCUT2D eigenvalue weighted by Crippen LogP contribution is -2.48. The summed E-state index contributed by atoms with van der Waals surface area (Å²) in [6, 6.07) is 4.70. The summed E-state index contributed by atoms with van der Waals surface area (Å²) in [6.45, 7) is 4.61. The molecule has 0 fully saturated rings. The van der Waals surface area contributed by atoms with Crippen molar-refractivity contribution in [2.75, 3.05) is 33.8 Å². The van der Waals surface area contributed by atoms with Crippen molar-refractivity contribution in [3.63, 3.8) is 0 Å². The molecule has 0 aromatic heterocycles. The second-order valence-corrected chi connectivity index (χ2v) is 6.42. The molecule has 9 nitrogen and oxygen atoms in total. The van der Waals surface area contributed by atoms with Crippen molar-refractivity contribution in [2.45, 2.75) is 19.9 Å². The highest BCUT2D eigenvalue weighted by atomic mass is 16.6. The number of nitro groups is 1. The van der Waals surface area contributed by atoms with Gasteiger partial charge in [0.2, 0.25) is 0 Å². The number of hydrogen-bond acceptors (Lipinski definition) is 6. The van der Waals surface area contributed by atoms with Crippen molar-refractivity contribution in [1.29, 1.82) is 0 Å². The molecule has 2 amide bonds. The second kappa shape index (κ2) is 8.63. The minimum Gasteiger partial charge on any atom is -0.461 e. The Kier molecular flexibility index (Phi) is 6.51. The number of benzene rings is 1. The third-order valence-corrected chi connectivity index (χ3v) is 4.32. The molecule has 1 aliphatic rings. The fraction of sp³-hybridized carbons (Fsp3) is 0.444. The standard InChI is InChI=1S/C18H24N4O5/c1-5-21-12(2)15(17(23)27-10-9-20(3)4)16(19-18(21)24)13-7-6-8-14(11-13)22(25)26/h6-8,11,16H,5,9-10H2,1-4H3,(H,19,24). The summed E-state index contributed by atoms with van der Waals surface area (Å²) in [5.74, 6) is -0.552. The molecule has 0 radical (unpaired) electrons. The molecule has 1 heterocycles. The Hall–Kier alpha value is -2.94. The number of carbonyl (C=O) groups excluding carboxylic acids is 2. The van der Waals surface area contributed by atoms with E-state index in [1.165, 1.54) is 23.1 Å². The predicted octanol–water partition coefficient (Wildman–Crippen LogP) is 2.06. The number of nitrogens with one attached hydrogen (secondary N) is 1. The fourth-order valence-electron chi connectivity index (χ4n) is 2.89. The van der Waals surface area contributed by atoms with Crippen molar-refractivity contribution in [3.8, 4) is 0 Å². The summed E-state index contributed by atoms with van der Waals surface area (Å²) in [6.07, 6.45) is 0. The first-order valence-electron chi connectivity index (χ1n) is 8.61. The Balaban J connectivity index is 2.42. The van der Waals surface area contributed by atoms with E-state index in [1.54, 1.807) is 19.9 Å². The van der Waals surface area contributed by atoms with Crippen LogP contribution in [0.1, 0.15) is 25.5 Å². The van der Waals surface area contributed by atoms with E-state index in [-0.39, 0.29) is 23.9 Å². The van der Waals surface area contributed by atoms with Crippen molar-refractivity contribution in [3.05, 3.63) is 51.2 Å². The molecule has 0 saturated heterocycles. The Bertz CT molecular complexity index is 775. The number of hydrogen-bond donors (Lipinski definition) is 1. The minimum absolute atomic E-state index is 0.113. The summed E-state index contributed by atoms with van der Waals surface area (Å²) in [4.78, 5) is 39.0. The van der Waals surface area contributed by atoms with Gasteiger partial charge in [0, 0.05) is 30.9 Å². The van der Waals surface area contributed by atoms with Crippen LogP contribution >= 0.6 is 0 Å². The highest BCUT2D eigenvalue weighted by Crippen LogP contribution is 2.32. The maximum atomic E-state index is 12.8. The molecule has 0 bridgehead atoms. The molecule has 1 atom stereocenters. The Labute approximate surface area is 157 Å². The molecule has 0 saturated carbocycles. The third-order valence-electron chi connectivity index (χ3n) is 4.32. The van der Waals surface area contributed by atoms with Gasteiger partial charge in [0.25, 0.3) is 5.69 Å². The van der Waals surface area contributed by atoms with Crippen molar-refractivity contribution < 1.29 is 19.2 Å². The molecular formula is C18H24N4O5. The van der Waals surface area contributed by atoms with Gasteiger partial charge in [0.05, 0.1) is 16.5 Å². The number of esters is 1. The average Bonchev–Trinajstić information content (AvgIpc) is 2.61. The molecule has 0 aliphatic carbocycles. The maximum Gasteiger partial charge on any atom is 0.338 e. The molecule has 1 unspecified atom stereocenters. The fourth-order valence-corrected chi connectivity index (χ4v) is 2.89. The predicted molar refractivity (Wildman–Crippen MR) is 99.0 cm³/mol. The van der Waals surface area contributed by atoms with E-state index in [0.717, 1.165) is 0 Å². The quantitative estimate of drug-likeness (QED) is 0.444. The van der Waals surface area contributed by atoms with E-state index >= 15 is 0 Å². The summed E-state index contributed by atoms with van der Waals surface area (Å²) in [5, 5.41) is 13.8. The molecule has 1 aliphatic heterocycles. The summed E-state index contributed by atoms with van der Waals surface area (Å²) >= 11 is 0. The number of allylic oxidation sites excluding steroid dienone is 1. The second-order valence-electron chi connectivity index (χ2n) is 6.42. The number of urea groups is 1. The number of rotatable bonds is 7. The SMILES string of the molecule is CCN1C(=O)NC(c2cccc([N+](=O)[O-])c2)C(C(=O)OCCN(C)C)=C1C. The number of non-ortho nitro benzene ring substituents is 1. The van der Waals surface area contributed by atoms with Gasteiger partial charge in [-0.25, -0.2) is 9.59 Å². The lowest BCUT2D eigenvalue weighted by atomic mass is 9.94. The van der Waals surface area contributed by atoms with Crippen LogP contribution in [0.5, 0.6) is 0 Å². The van der Waals surface area contributed by atoms with Gasteiger partial charge in [-0.1, -0.05) is 12.1 Å². The molecule has 1 N–H and O–H groups in total. The number of likely N-dealkylation sites (N-methyl/N-ethyl adjacent to an activating group) is 1. The number of nitro benzene ring substituents is 1. The van der Waals surface area contributed by atoms with Crippen LogP contribution in [0.3, 0.4) is 0 Å². The van der Waals surface area contributed by atoms with Crippen molar-refractivity contribution in [1.82, 2.24) is 15.1 Å². The number of carbonyl (C=O) groups is 2. The van der Waals surface area contributed by atoms with Gasteiger partial charge >= 0.3 is 12.0 Å². The van der Waals surface area contributed by atoms with Crippen LogP contribution in [0.4, 0.5) is 10.5 Å². The summed E-state index contributed by atoms with van der Waals surface area (Å²) in [7, 11) is 3.73. The highest BCUT2D eigenvalue weighted by Gasteiger charge is 2.36. The van der Waals surface area contributed by atoms with Crippen LogP contribution in [-0.2, 0) is 9.53 Å². The van der Waals surface area contributed by atoms with E-state index in [0.29, 0.717) is 24.4 Å². The Morgan fingerprint density at radius 2 is 2.11 bits per heavy atom. The van der Waals surface area contributed by atoms with Crippen LogP contribution in [0.15, 0.2) is 35.5 Å². The summed E-state index contributed by atoms with van der Waals surface area (Å²) < 4.78 is 5.37. The average molecular weight is 376 g/mol. The van der Waals surface area contributed by atoms with Gasteiger partial charge in [0.15, 0.2) is 0 Å². The zero-order chi connectivity index (χ0) is 20.1. The van der Waals surface area contributed by atoms with Crippen LogP contribution in [0, 0.1) is 10.1 Å². The van der Waals surface area contributed by atoms with E-state index in [1.807, 2.05) is 19.0 Å². The monoisotopic (exact) mass is 376 g/mol. The van der Waals surface area contributed by atoms with Gasteiger partial charge in [-0.05, 0) is 33.5 Å². The van der Waals surface area contributed by atoms with Crippen LogP contribution in [0.2, 0.25) is 0 Å². The van der Waals surface area contributed by atoms with E-state index in [2.05, 4.69) is 5.32 Å². The molecule has 1 aromatic carbocycles. The van der Waals surface area contributed by atoms with E-state index in [4.69, 9.17) is 4.74 Å². The van der Waals surface area contributed by atoms with Gasteiger partial charge in [-0.3, -0.25) is 15.0 Å². The first kappa shape index (κ1) is 20.4. The van der Waals surface area contributed by atoms with Gasteiger partial charge in [-0.2, -0.15) is 0 Å². The summed E-state index contributed by atoms with van der Waals surface area (Å²) in [5.41, 5.74) is 1.09. The van der Waals surface area contributed by atoms with Gasteiger partial charge in [-0.15, -0.1) is 0 Å². The van der Waals surface area contributed by atoms with Crippen LogP contribution in [0.25, 0.3) is 0 Å². The van der Waals surface area contributed by atoms with Crippen LogP contribution in [-0.4, -0.2) is 60.5 Å². The van der Waals surface area contributed by atoms with E-state index in [9.17, 15) is 19.7 Å². The normalized spacial score (nSPS) is 17.1. The van der Waals surface area contributed by atoms with Crippen LogP contribution < -0.4 is 5.32 Å². The number of ether oxygens (including phenoxy) is 1. The molecule has 27 heavy (non-hydrogen) atoms. The number of nitrogens with zero attached hydrogens (tertiary/aromatic N) is 3. The highest BCUT2D eigenvalue weighted by molar-refractivity contribution is 5.95. The van der Waals surface area contributed by atoms with Gasteiger partial charge < -0.3 is 15.0 Å². The lowest BCUT2D eigenvalue weighted by Gasteiger charge is -2.34. The smallest absolute Gasteiger partial charge is 0.338 e. The van der Waals surface area contributed by atoms with Crippen molar-refractivity contribution >= 4 is 17.7 Å². The Morgan fingerprint density at radius 3 is 2.70 bits per heavy atom. The first-order valence-corrected chi connectivity index (χ1v) is 8.61. The molecular weight excluding hydrogens is 352 g/mol. The first-order chi connectivity index (χ1) is 12.8. The molecule has 1 aromatic rings. The zero-order valence-electron chi connectivity index (χ0n) is 15.9. The molecule has 146 valence electrons. The Morgan fingerprint density at radius 1 is 1.41 bits per heavy atom. The molecule has 2 rings (SSSR count). The third kappa shape index (κ3) is 4.62. The zero-order valence-corrected chi connectivity index (χ0v) is 15.9. The lowest BCUT2D eigenvalue weighted by molar-refractivity contribution is -0.384. The molecule has 9 heteroatoms. The maximum absolute atomic E-state index is 12.8. The topological polar surface area (TPSA) is 105 Å². The largest absolute Gasteiger partial charge is 0.461 e.